The molecule has 4 aliphatic rings. The number of nitrogens with one attached hydrogen (secondary N) is 1. The SMILES string of the molecule is Cc1cc(C)c(C)c(S(=O)(=O)NCC23CC4CC(CC(C4)C2)C3)c1C. The fourth-order valence-electron chi connectivity index (χ4n) is 6.41. The van der Waals surface area contributed by atoms with E-state index in [1.807, 2.05) is 27.7 Å². The van der Waals surface area contributed by atoms with Gasteiger partial charge in [-0.25, -0.2) is 13.1 Å². The fourth-order valence-corrected chi connectivity index (χ4v) is 8.18. The second-order valence-electron chi connectivity index (χ2n) is 9.33. The summed E-state index contributed by atoms with van der Waals surface area (Å²) in [5.41, 5.74) is 4.11. The number of aryl methyl sites for hydroxylation is 2. The number of sulfonamides is 1. The molecule has 4 fully saturated rings. The molecule has 0 aromatic heterocycles. The predicted molar refractivity (Wildman–Crippen MR) is 101 cm³/mol. The Bertz CT molecular complexity index is 748. The molecule has 0 aliphatic heterocycles. The van der Waals surface area contributed by atoms with E-state index in [-0.39, 0.29) is 5.41 Å². The van der Waals surface area contributed by atoms with Crippen LogP contribution in [0.15, 0.2) is 11.0 Å². The molecule has 0 saturated heterocycles. The molecule has 25 heavy (non-hydrogen) atoms. The van der Waals surface area contributed by atoms with E-state index in [1.165, 1.54) is 38.5 Å². The van der Waals surface area contributed by atoms with Crippen LogP contribution in [0.1, 0.15) is 60.8 Å². The molecule has 0 unspecified atom stereocenters. The van der Waals surface area contributed by atoms with E-state index in [9.17, 15) is 8.42 Å². The Balaban J connectivity index is 1.59. The van der Waals surface area contributed by atoms with Crippen molar-refractivity contribution in [2.45, 2.75) is 71.1 Å². The Morgan fingerprint density at radius 1 is 0.920 bits per heavy atom. The molecule has 4 aliphatic carbocycles. The normalized spacial score (nSPS) is 33.8. The summed E-state index contributed by atoms with van der Waals surface area (Å²) in [6.07, 6.45) is 7.86. The van der Waals surface area contributed by atoms with Gasteiger partial charge in [0.1, 0.15) is 0 Å². The van der Waals surface area contributed by atoms with E-state index in [1.54, 1.807) is 0 Å². The van der Waals surface area contributed by atoms with Gasteiger partial charge >= 0.3 is 0 Å². The highest BCUT2D eigenvalue weighted by Crippen LogP contribution is 2.59. The molecule has 0 spiro atoms. The van der Waals surface area contributed by atoms with Crippen LogP contribution >= 0.6 is 0 Å². The minimum absolute atomic E-state index is 0.225. The summed E-state index contributed by atoms with van der Waals surface area (Å²) in [5.74, 6) is 2.54. The number of hydrogen-bond donors (Lipinski definition) is 1. The average molecular weight is 362 g/mol. The van der Waals surface area contributed by atoms with E-state index < -0.39 is 10.0 Å². The molecule has 138 valence electrons. The molecule has 5 rings (SSSR count). The van der Waals surface area contributed by atoms with Crippen LogP contribution in [0.5, 0.6) is 0 Å². The molecule has 0 radical (unpaired) electrons. The summed E-state index contributed by atoms with van der Waals surface area (Å²) in [6, 6.07) is 2.09. The summed E-state index contributed by atoms with van der Waals surface area (Å²) in [4.78, 5) is 0.509. The largest absolute Gasteiger partial charge is 0.241 e. The Labute approximate surface area is 152 Å². The third-order valence-corrected chi connectivity index (χ3v) is 9.04. The van der Waals surface area contributed by atoms with Crippen molar-refractivity contribution in [3.63, 3.8) is 0 Å². The van der Waals surface area contributed by atoms with E-state index in [0.29, 0.717) is 11.4 Å². The maximum atomic E-state index is 13.2. The second-order valence-corrected chi connectivity index (χ2v) is 11.0. The van der Waals surface area contributed by atoms with Crippen LogP contribution in [-0.4, -0.2) is 15.0 Å². The van der Waals surface area contributed by atoms with Gasteiger partial charge in [0.15, 0.2) is 0 Å². The average Bonchev–Trinajstić information content (AvgIpc) is 2.50. The smallest absolute Gasteiger partial charge is 0.211 e. The molecule has 0 atom stereocenters. The Morgan fingerprint density at radius 3 is 1.80 bits per heavy atom. The van der Waals surface area contributed by atoms with Crippen LogP contribution in [0.2, 0.25) is 0 Å². The van der Waals surface area contributed by atoms with Crippen molar-refractivity contribution < 1.29 is 8.42 Å². The molecule has 0 amide bonds. The topological polar surface area (TPSA) is 46.2 Å². The summed E-state index contributed by atoms with van der Waals surface area (Å²) >= 11 is 0. The number of hydrogen-bond acceptors (Lipinski definition) is 2. The number of rotatable bonds is 4. The molecule has 3 nitrogen and oxygen atoms in total. The summed E-state index contributed by atoms with van der Waals surface area (Å²) in [6.45, 7) is 8.49. The van der Waals surface area contributed by atoms with Crippen LogP contribution in [0.25, 0.3) is 0 Å². The van der Waals surface area contributed by atoms with E-state index in [0.717, 1.165) is 40.0 Å². The lowest BCUT2D eigenvalue weighted by Gasteiger charge is -2.56. The first-order valence-electron chi connectivity index (χ1n) is 9.76. The van der Waals surface area contributed by atoms with Crippen molar-refractivity contribution in [2.75, 3.05) is 6.54 Å². The summed E-state index contributed by atoms with van der Waals surface area (Å²) in [7, 11) is -3.46. The zero-order valence-corrected chi connectivity index (χ0v) is 16.8. The van der Waals surface area contributed by atoms with Crippen molar-refractivity contribution in [1.82, 2.24) is 4.72 Å². The maximum absolute atomic E-state index is 13.2. The molecule has 4 bridgehead atoms. The van der Waals surface area contributed by atoms with Gasteiger partial charge in [-0.3, -0.25) is 0 Å². The zero-order chi connectivity index (χ0) is 18.0. The highest BCUT2D eigenvalue weighted by molar-refractivity contribution is 7.89. The van der Waals surface area contributed by atoms with Crippen molar-refractivity contribution in [1.29, 1.82) is 0 Å². The van der Waals surface area contributed by atoms with Crippen LogP contribution < -0.4 is 4.72 Å². The lowest BCUT2D eigenvalue weighted by atomic mass is 9.50. The van der Waals surface area contributed by atoms with Crippen LogP contribution in [-0.2, 0) is 10.0 Å². The third kappa shape index (κ3) is 2.95. The van der Waals surface area contributed by atoms with Gasteiger partial charge in [-0.2, -0.15) is 0 Å². The van der Waals surface area contributed by atoms with Gasteiger partial charge in [0.25, 0.3) is 0 Å². The van der Waals surface area contributed by atoms with Gasteiger partial charge in [0, 0.05) is 6.54 Å². The molecule has 4 saturated carbocycles. The quantitative estimate of drug-likeness (QED) is 0.863. The van der Waals surface area contributed by atoms with Crippen LogP contribution in [0.3, 0.4) is 0 Å². The maximum Gasteiger partial charge on any atom is 0.241 e. The standard InChI is InChI=1S/C21H31NO2S/c1-13-5-14(2)16(4)20(15(13)3)25(23,24)22-12-21-9-17-6-18(10-21)8-19(7-17)11-21/h5,17-19,22H,6-12H2,1-4H3. The van der Waals surface area contributed by atoms with E-state index in [4.69, 9.17) is 0 Å². The second kappa shape index (κ2) is 5.82. The number of benzene rings is 1. The minimum atomic E-state index is -3.46. The molecule has 4 heteroatoms. The molecule has 0 heterocycles. The predicted octanol–water partition coefficient (Wildman–Crippen LogP) is 4.41. The Hall–Kier alpha value is -0.870. The van der Waals surface area contributed by atoms with Gasteiger partial charge in [0.05, 0.1) is 4.90 Å². The van der Waals surface area contributed by atoms with Crippen molar-refractivity contribution in [3.05, 3.63) is 28.3 Å². The van der Waals surface area contributed by atoms with Crippen molar-refractivity contribution >= 4 is 10.0 Å². The third-order valence-electron chi connectivity index (χ3n) is 7.37. The van der Waals surface area contributed by atoms with Gasteiger partial charge < -0.3 is 0 Å². The summed E-state index contributed by atoms with van der Waals surface area (Å²) < 4.78 is 29.4. The van der Waals surface area contributed by atoms with Crippen LogP contribution in [0, 0.1) is 50.9 Å². The summed E-state index contributed by atoms with van der Waals surface area (Å²) in [5, 5.41) is 0. The highest BCUT2D eigenvalue weighted by atomic mass is 32.2. The van der Waals surface area contributed by atoms with E-state index in [2.05, 4.69) is 10.8 Å². The minimum Gasteiger partial charge on any atom is -0.211 e. The first-order valence-corrected chi connectivity index (χ1v) is 11.2. The highest BCUT2D eigenvalue weighted by Gasteiger charge is 2.51. The molecule has 1 aromatic carbocycles. The lowest BCUT2D eigenvalue weighted by molar-refractivity contribution is -0.0487. The van der Waals surface area contributed by atoms with Crippen molar-refractivity contribution in [2.24, 2.45) is 23.2 Å². The monoisotopic (exact) mass is 361 g/mol. The first kappa shape index (κ1) is 17.5. The van der Waals surface area contributed by atoms with E-state index >= 15 is 0 Å². The molecule has 1 N–H and O–H groups in total. The van der Waals surface area contributed by atoms with Gasteiger partial charge in [0.2, 0.25) is 10.0 Å². The van der Waals surface area contributed by atoms with Crippen LogP contribution in [0.4, 0.5) is 0 Å². The van der Waals surface area contributed by atoms with Gasteiger partial charge in [-0.05, 0) is 112 Å². The Kier molecular flexibility index (Phi) is 4.08. The lowest BCUT2D eigenvalue weighted by Crippen LogP contribution is -2.51. The molecular weight excluding hydrogens is 330 g/mol. The Morgan fingerprint density at radius 2 is 1.36 bits per heavy atom. The fraction of sp³-hybridized carbons (Fsp3) is 0.714. The first-order chi connectivity index (χ1) is 11.7. The zero-order valence-electron chi connectivity index (χ0n) is 16.0. The molecular formula is C21H31NO2S. The molecule has 1 aromatic rings. The van der Waals surface area contributed by atoms with Crippen molar-refractivity contribution in [3.8, 4) is 0 Å². The van der Waals surface area contributed by atoms with Gasteiger partial charge in [-0.15, -0.1) is 0 Å². The van der Waals surface area contributed by atoms with Gasteiger partial charge in [-0.1, -0.05) is 6.07 Å².